The van der Waals surface area contributed by atoms with Crippen LogP contribution in [-0.4, -0.2) is 56.9 Å². The third-order valence-electron chi connectivity index (χ3n) is 6.43. The Morgan fingerprint density at radius 2 is 1.61 bits per heavy atom. The average Bonchev–Trinajstić information content (AvgIpc) is 2.92. The highest BCUT2D eigenvalue weighted by molar-refractivity contribution is 6.00. The van der Waals surface area contributed by atoms with Crippen molar-refractivity contribution in [3.8, 4) is 11.5 Å². The minimum atomic E-state index is -0.339. The largest absolute Gasteiger partial charge is 0.495 e. The Morgan fingerprint density at radius 3 is 2.29 bits per heavy atom. The van der Waals surface area contributed by atoms with Crippen LogP contribution in [0.15, 0.2) is 60.7 Å². The number of aryl methyl sites for hydroxylation is 2. The number of amides is 4. The molecule has 3 aromatic carbocycles. The maximum absolute atomic E-state index is 12.9. The number of piperazine rings is 1. The van der Waals surface area contributed by atoms with E-state index in [0.29, 0.717) is 61.3 Å². The monoisotopic (exact) mass is 517 g/mol. The van der Waals surface area contributed by atoms with Crippen LogP contribution in [-0.2, 0) is 0 Å². The Balaban J connectivity index is 1.30. The zero-order valence-electron chi connectivity index (χ0n) is 22.3. The maximum Gasteiger partial charge on any atom is 0.323 e. The summed E-state index contributed by atoms with van der Waals surface area (Å²) in [5.41, 5.74) is 5.03. The number of benzene rings is 3. The molecule has 0 spiro atoms. The molecule has 1 aliphatic rings. The fourth-order valence-corrected chi connectivity index (χ4v) is 4.39. The molecule has 9 nitrogen and oxygen atoms in total. The van der Waals surface area contributed by atoms with Crippen LogP contribution in [0.2, 0.25) is 0 Å². The lowest BCUT2D eigenvalue weighted by Gasteiger charge is -2.36. The second-order valence-electron chi connectivity index (χ2n) is 9.12. The number of para-hydroxylation sites is 1. The van der Waals surface area contributed by atoms with Crippen molar-refractivity contribution < 1.29 is 19.1 Å². The molecule has 0 saturated carbocycles. The first kappa shape index (κ1) is 26.7. The van der Waals surface area contributed by atoms with Crippen LogP contribution >= 0.6 is 0 Å². The summed E-state index contributed by atoms with van der Waals surface area (Å²) in [6.45, 7) is 8.94. The number of anilines is 4. The second kappa shape index (κ2) is 12.2. The quantitative estimate of drug-likeness (QED) is 0.373. The van der Waals surface area contributed by atoms with Crippen molar-refractivity contribution in [3.63, 3.8) is 0 Å². The van der Waals surface area contributed by atoms with Crippen LogP contribution in [0.5, 0.6) is 11.5 Å². The first-order valence-electron chi connectivity index (χ1n) is 12.7. The molecule has 1 heterocycles. The number of methoxy groups -OCH3 is 1. The van der Waals surface area contributed by atoms with Crippen molar-refractivity contribution in [1.29, 1.82) is 0 Å². The van der Waals surface area contributed by atoms with Gasteiger partial charge < -0.3 is 35.2 Å². The Labute approximate surface area is 223 Å². The van der Waals surface area contributed by atoms with Crippen molar-refractivity contribution >= 4 is 34.8 Å². The van der Waals surface area contributed by atoms with Gasteiger partial charge in [-0.05, 0) is 74.4 Å². The van der Waals surface area contributed by atoms with E-state index in [-0.39, 0.29) is 12.1 Å². The van der Waals surface area contributed by atoms with E-state index in [1.165, 1.54) is 0 Å². The standard InChI is InChI=1S/C29H35N5O4/c1-5-38-25-14-9-20(2)19-24(25)31-28(35)30-22-10-12-23(13-11-22)33-15-17-34(18-16-33)29(36)32-27-21(3)7-6-8-26(27)37-4/h6-14,19H,5,15-18H2,1-4H3,(H,32,36)(H2,30,31,35). The SMILES string of the molecule is CCOc1ccc(C)cc1NC(=O)Nc1ccc(N2CCN(C(=O)Nc3c(C)cccc3OC)CC2)cc1. The lowest BCUT2D eigenvalue weighted by atomic mass is 10.2. The molecule has 4 amide bonds. The van der Waals surface area contributed by atoms with Crippen LogP contribution in [0.1, 0.15) is 18.1 Å². The fraction of sp³-hybridized carbons (Fsp3) is 0.310. The molecule has 3 N–H and O–H groups in total. The number of nitrogens with one attached hydrogen (secondary N) is 3. The fourth-order valence-electron chi connectivity index (χ4n) is 4.39. The third-order valence-corrected chi connectivity index (χ3v) is 6.43. The summed E-state index contributed by atoms with van der Waals surface area (Å²) in [4.78, 5) is 29.5. The van der Waals surface area contributed by atoms with Crippen molar-refractivity contribution in [2.45, 2.75) is 20.8 Å². The van der Waals surface area contributed by atoms with Crippen LogP contribution < -0.4 is 30.3 Å². The van der Waals surface area contributed by atoms with Crippen LogP contribution in [0.4, 0.5) is 32.3 Å². The molecule has 0 bridgehead atoms. The van der Waals surface area contributed by atoms with Gasteiger partial charge in [0.05, 0.1) is 25.1 Å². The number of ether oxygens (including phenoxy) is 2. The van der Waals surface area contributed by atoms with E-state index in [9.17, 15) is 9.59 Å². The van der Waals surface area contributed by atoms with Gasteiger partial charge in [-0.25, -0.2) is 9.59 Å². The highest BCUT2D eigenvalue weighted by Crippen LogP contribution is 2.29. The van der Waals surface area contributed by atoms with Gasteiger partial charge >= 0.3 is 12.1 Å². The van der Waals surface area contributed by atoms with E-state index < -0.39 is 0 Å². The number of rotatable bonds is 7. The molecule has 1 saturated heterocycles. The van der Waals surface area contributed by atoms with Gasteiger partial charge in [0, 0.05) is 37.6 Å². The summed E-state index contributed by atoms with van der Waals surface area (Å²) in [5.74, 6) is 1.28. The Morgan fingerprint density at radius 1 is 0.868 bits per heavy atom. The highest BCUT2D eigenvalue weighted by Gasteiger charge is 2.22. The average molecular weight is 518 g/mol. The lowest BCUT2D eigenvalue weighted by Crippen LogP contribution is -2.50. The van der Waals surface area contributed by atoms with E-state index in [0.717, 1.165) is 16.8 Å². The third kappa shape index (κ3) is 6.47. The summed E-state index contributed by atoms with van der Waals surface area (Å²) in [5, 5.41) is 8.74. The molecule has 0 atom stereocenters. The molecule has 3 aromatic rings. The van der Waals surface area contributed by atoms with Crippen molar-refractivity contribution in [2.75, 3.05) is 60.7 Å². The predicted octanol–water partition coefficient (Wildman–Crippen LogP) is 5.71. The van der Waals surface area contributed by atoms with Gasteiger partial charge in [0.2, 0.25) is 0 Å². The predicted molar refractivity (Wildman–Crippen MR) is 152 cm³/mol. The second-order valence-corrected chi connectivity index (χ2v) is 9.12. The van der Waals surface area contributed by atoms with Gasteiger partial charge in [-0.3, -0.25) is 0 Å². The molecule has 1 fully saturated rings. The number of nitrogens with zero attached hydrogens (tertiary/aromatic N) is 2. The summed E-state index contributed by atoms with van der Waals surface area (Å²) >= 11 is 0. The summed E-state index contributed by atoms with van der Waals surface area (Å²) in [6.07, 6.45) is 0. The molecule has 1 aliphatic heterocycles. The van der Waals surface area contributed by atoms with Gasteiger partial charge in [-0.1, -0.05) is 18.2 Å². The normalized spacial score (nSPS) is 13.1. The minimum Gasteiger partial charge on any atom is -0.495 e. The van der Waals surface area contributed by atoms with Gasteiger partial charge in [0.25, 0.3) is 0 Å². The van der Waals surface area contributed by atoms with Gasteiger partial charge in [0.15, 0.2) is 0 Å². The van der Waals surface area contributed by atoms with E-state index in [2.05, 4.69) is 20.9 Å². The van der Waals surface area contributed by atoms with E-state index in [1.54, 1.807) is 7.11 Å². The smallest absolute Gasteiger partial charge is 0.323 e. The van der Waals surface area contributed by atoms with Gasteiger partial charge in [-0.2, -0.15) is 0 Å². The zero-order chi connectivity index (χ0) is 27.1. The zero-order valence-corrected chi connectivity index (χ0v) is 22.3. The highest BCUT2D eigenvalue weighted by atomic mass is 16.5. The lowest BCUT2D eigenvalue weighted by molar-refractivity contribution is 0.208. The Kier molecular flexibility index (Phi) is 8.58. The van der Waals surface area contributed by atoms with Crippen molar-refractivity contribution in [1.82, 2.24) is 4.90 Å². The number of urea groups is 2. The molecule has 0 aromatic heterocycles. The number of carbonyl (C=O) groups is 2. The molecule has 200 valence electrons. The van der Waals surface area contributed by atoms with Gasteiger partial charge in [0.1, 0.15) is 11.5 Å². The summed E-state index contributed by atoms with van der Waals surface area (Å²) in [7, 11) is 1.60. The Hall–Kier alpha value is -4.40. The van der Waals surface area contributed by atoms with E-state index in [1.807, 2.05) is 86.3 Å². The van der Waals surface area contributed by atoms with Gasteiger partial charge in [-0.15, -0.1) is 0 Å². The molecule has 0 aliphatic carbocycles. The topological polar surface area (TPSA) is 95.2 Å². The number of carbonyl (C=O) groups excluding carboxylic acids is 2. The molecule has 4 rings (SSSR count). The molecular weight excluding hydrogens is 482 g/mol. The van der Waals surface area contributed by atoms with E-state index in [4.69, 9.17) is 9.47 Å². The van der Waals surface area contributed by atoms with Crippen LogP contribution in [0.3, 0.4) is 0 Å². The van der Waals surface area contributed by atoms with Crippen LogP contribution in [0.25, 0.3) is 0 Å². The molecule has 0 radical (unpaired) electrons. The summed E-state index contributed by atoms with van der Waals surface area (Å²) in [6, 6.07) is 18.6. The first-order chi connectivity index (χ1) is 18.4. The Bertz CT molecular complexity index is 1270. The van der Waals surface area contributed by atoms with Crippen molar-refractivity contribution in [2.24, 2.45) is 0 Å². The minimum absolute atomic E-state index is 0.135. The van der Waals surface area contributed by atoms with Crippen LogP contribution in [0, 0.1) is 13.8 Å². The molecule has 0 unspecified atom stereocenters. The summed E-state index contributed by atoms with van der Waals surface area (Å²) < 4.78 is 11.0. The number of hydrogen-bond donors (Lipinski definition) is 3. The van der Waals surface area contributed by atoms with E-state index >= 15 is 0 Å². The maximum atomic E-state index is 12.9. The van der Waals surface area contributed by atoms with Crippen molar-refractivity contribution in [3.05, 3.63) is 71.8 Å². The molecular formula is C29H35N5O4. The first-order valence-corrected chi connectivity index (χ1v) is 12.7. The molecule has 38 heavy (non-hydrogen) atoms. The number of hydrogen-bond acceptors (Lipinski definition) is 5. The molecule has 9 heteroatoms.